The first-order valence-corrected chi connectivity index (χ1v) is 9.64. The lowest BCUT2D eigenvalue weighted by Gasteiger charge is -2.15. The fourth-order valence-corrected chi connectivity index (χ4v) is 3.93. The highest BCUT2D eigenvalue weighted by molar-refractivity contribution is 5.88. The van der Waals surface area contributed by atoms with Crippen molar-refractivity contribution in [3.63, 3.8) is 0 Å². The van der Waals surface area contributed by atoms with E-state index < -0.39 is 5.97 Å². The molecule has 0 bridgehead atoms. The van der Waals surface area contributed by atoms with E-state index in [2.05, 4.69) is 51.6 Å². The first-order chi connectivity index (χ1) is 13.7. The molecule has 0 fully saturated rings. The van der Waals surface area contributed by atoms with Crippen molar-refractivity contribution in [2.24, 2.45) is 0 Å². The number of tetrazole rings is 1. The van der Waals surface area contributed by atoms with Crippen LogP contribution in [0.3, 0.4) is 0 Å². The van der Waals surface area contributed by atoms with E-state index in [1.807, 2.05) is 21.5 Å². The molecule has 3 aromatic rings. The van der Waals surface area contributed by atoms with Gasteiger partial charge in [0.15, 0.2) is 10.9 Å². The number of carbonyl (C=O) groups excluding carboxylic acids is 1. The maximum atomic E-state index is 11.8. The lowest BCUT2D eigenvalue weighted by Crippen LogP contribution is -2.34. The monoisotopic (exact) mass is 389 g/mol. The number of benzene rings is 2. The van der Waals surface area contributed by atoms with Crippen LogP contribution < -0.4 is 9.42 Å². The largest absolute Gasteiger partial charge is 0.423 e. The molecule has 4 rings (SSSR count). The molecule has 0 saturated carbocycles. The van der Waals surface area contributed by atoms with E-state index in [1.54, 1.807) is 13.0 Å². The minimum atomic E-state index is -0.422. The summed E-state index contributed by atoms with van der Waals surface area (Å²) in [5.74, 6) is 1.03. The normalized spacial score (nSPS) is 11.9. The topological polar surface area (TPSA) is 60.9 Å². The number of ether oxygens (including phenoxy) is 1. The average molecular weight is 389 g/mol. The Kier molecular flexibility index (Phi) is 4.37. The Hall–Kier alpha value is -3.28. The third kappa shape index (κ3) is 2.87. The molecule has 6 nitrogen and oxygen atoms in total. The Morgan fingerprint density at radius 1 is 1.07 bits per heavy atom. The number of esters is 1. The van der Waals surface area contributed by atoms with Crippen LogP contribution in [-0.4, -0.2) is 21.1 Å². The van der Waals surface area contributed by atoms with Gasteiger partial charge in [0, 0.05) is 11.1 Å². The summed E-state index contributed by atoms with van der Waals surface area (Å²) in [6.07, 6.45) is 0. The van der Waals surface area contributed by atoms with E-state index in [9.17, 15) is 4.79 Å². The summed E-state index contributed by atoms with van der Waals surface area (Å²) < 4.78 is 9.21. The third-order valence-corrected chi connectivity index (χ3v) is 6.05. The predicted molar refractivity (Wildman–Crippen MR) is 110 cm³/mol. The number of carbonyl (C=O) groups is 1. The van der Waals surface area contributed by atoms with Crippen LogP contribution in [0.1, 0.15) is 40.3 Å². The molecule has 0 spiro atoms. The molecule has 0 amide bonds. The first kappa shape index (κ1) is 19.1. The lowest BCUT2D eigenvalue weighted by molar-refractivity contribution is -0.731. The highest BCUT2D eigenvalue weighted by Gasteiger charge is 2.34. The maximum absolute atomic E-state index is 11.8. The molecule has 2 heterocycles. The van der Waals surface area contributed by atoms with Crippen LogP contribution in [-0.2, 0) is 11.3 Å². The number of hydrogen-bond donors (Lipinski definition) is 0. The van der Waals surface area contributed by atoms with Crippen LogP contribution in [0.2, 0.25) is 0 Å². The van der Waals surface area contributed by atoms with Crippen LogP contribution in [0.4, 0.5) is 0 Å². The van der Waals surface area contributed by atoms with Gasteiger partial charge in [-0.2, -0.15) is 0 Å². The molecule has 0 aliphatic carbocycles. The molecule has 0 radical (unpaired) electrons. The van der Waals surface area contributed by atoms with Gasteiger partial charge in [-0.25, -0.2) is 4.79 Å². The SMILES string of the molecule is C=C(C)C(=O)Oc1ccc2c(c1)C[n+]1nnn(-c3c(C)c(C)c(C)c(C)c3C)c1-2. The van der Waals surface area contributed by atoms with Crippen LogP contribution in [0.15, 0.2) is 30.4 Å². The summed E-state index contributed by atoms with van der Waals surface area (Å²) in [5, 5.41) is 8.85. The summed E-state index contributed by atoms with van der Waals surface area (Å²) in [6, 6.07) is 5.66. The minimum Gasteiger partial charge on any atom is -0.423 e. The zero-order chi connectivity index (χ0) is 21.0. The number of rotatable bonds is 3. The van der Waals surface area contributed by atoms with Crippen molar-refractivity contribution >= 4 is 5.97 Å². The van der Waals surface area contributed by atoms with E-state index in [0.29, 0.717) is 17.9 Å². The Labute approximate surface area is 170 Å². The van der Waals surface area contributed by atoms with E-state index in [-0.39, 0.29) is 0 Å². The second-order valence-electron chi connectivity index (χ2n) is 7.83. The smallest absolute Gasteiger partial charge is 0.338 e. The highest BCUT2D eigenvalue weighted by atomic mass is 16.5. The number of aromatic nitrogens is 4. The van der Waals surface area contributed by atoms with Crippen molar-refractivity contribution in [1.82, 2.24) is 15.1 Å². The van der Waals surface area contributed by atoms with Crippen molar-refractivity contribution in [3.8, 4) is 22.8 Å². The molecule has 148 valence electrons. The molecule has 0 unspecified atom stereocenters. The molecular formula is C23H25N4O2+. The molecule has 1 aliphatic rings. The molecule has 1 aliphatic heterocycles. The third-order valence-electron chi connectivity index (χ3n) is 6.05. The van der Waals surface area contributed by atoms with Crippen LogP contribution >= 0.6 is 0 Å². The predicted octanol–water partition coefficient (Wildman–Crippen LogP) is 3.61. The average Bonchev–Trinajstić information content (AvgIpc) is 3.24. The van der Waals surface area contributed by atoms with Gasteiger partial charge in [0.05, 0.1) is 5.56 Å². The van der Waals surface area contributed by atoms with Crippen LogP contribution in [0.25, 0.3) is 17.1 Å². The fraction of sp³-hybridized carbons (Fsp3) is 0.304. The second-order valence-corrected chi connectivity index (χ2v) is 7.83. The van der Waals surface area contributed by atoms with Crippen molar-refractivity contribution in [3.05, 3.63) is 63.7 Å². The second kappa shape index (κ2) is 6.65. The minimum absolute atomic E-state index is 0.372. The highest BCUT2D eigenvalue weighted by Crippen LogP contribution is 2.34. The van der Waals surface area contributed by atoms with Crippen molar-refractivity contribution < 1.29 is 14.2 Å². The molecule has 6 heteroatoms. The van der Waals surface area contributed by atoms with Gasteiger partial charge in [-0.1, -0.05) is 6.58 Å². The number of fused-ring (bicyclic) bond motifs is 3. The molecule has 2 aromatic carbocycles. The molecule has 0 saturated heterocycles. The summed E-state index contributed by atoms with van der Waals surface area (Å²) >= 11 is 0. The maximum Gasteiger partial charge on any atom is 0.338 e. The molecular weight excluding hydrogens is 364 g/mol. The first-order valence-electron chi connectivity index (χ1n) is 9.64. The van der Waals surface area contributed by atoms with Crippen molar-refractivity contribution in [2.45, 2.75) is 48.1 Å². The number of hydrogen-bond acceptors (Lipinski definition) is 4. The van der Waals surface area contributed by atoms with Gasteiger partial charge in [-0.05, 0) is 92.2 Å². The van der Waals surface area contributed by atoms with E-state index >= 15 is 0 Å². The van der Waals surface area contributed by atoms with Gasteiger partial charge in [0.2, 0.25) is 0 Å². The van der Waals surface area contributed by atoms with Gasteiger partial charge in [-0.3, -0.25) is 0 Å². The molecule has 1 aromatic heterocycles. The molecule has 0 atom stereocenters. The Morgan fingerprint density at radius 3 is 2.31 bits per heavy atom. The Morgan fingerprint density at radius 2 is 1.69 bits per heavy atom. The van der Waals surface area contributed by atoms with Gasteiger partial charge >= 0.3 is 5.97 Å². The van der Waals surface area contributed by atoms with Crippen LogP contribution in [0.5, 0.6) is 5.75 Å². The Bertz CT molecular complexity index is 1180. The van der Waals surface area contributed by atoms with Crippen LogP contribution in [0, 0.1) is 34.6 Å². The fourth-order valence-electron chi connectivity index (χ4n) is 3.93. The molecule has 0 N–H and O–H groups in total. The zero-order valence-electron chi connectivity index (χ0n) is 17.8. The van der Waals surface area contributed by atoms with E-state index in [4.69, 9.17) is 4.74 Å². The van der Waals surface area contributed by atoms with Gasteiger partial charge in [0.1, 0.15) is 17.5 Å². The summed E-state index contributed by atoms with van der Waals surface area (Å²) in [4.78, 5) is 11.8. The van der Waals surface area contributed by atoms with Gasteiger partial charge in [0.25, 0.3) is 5.82 Å². The zero-order valence-corrected chi connectivity index (χ0v) is 17.8. The standard InChI is InChI=1S/C23H25N4O2/c1-12(2)23(28)29-19-8-9-20-18(10-19)11-26-22(20)27(25-24-26)21-16(6)14(4)13(3)15(5)17(21)7/h8-10H,1,11H2,2-7H3/q+1. The van der Waals surface area contributed by atoms with E-state index in [0.717, 1.165) is 22.6 Å². The van der Waals surface area contributed by atoms with Gasteiger partial charge in [-0.15, -0.1) is 4.68 Å². The van der Waals surface area contributed by atoms with Gasteiger partial charge < -0.3 is 4.74 Å². The quantitative estimate of drug-likeness (QED) is 0.232. The Balaban J connectivity index is 1.83. The number of nitrogens with zero attached hydrogens (tertiary/aromatic N) is 4. The van der Waals surface area contributed by atoms with Crippen molar-refractivity contribution in [2.75, 3.05) is 0 Å². The molecule has 29 heavy (non-hydrogen) atoms. The lowest BCUT2D eigenvalue weighted by atomic mass is 9.93. The van der Waals surface area contributed by atoms with E-state index in [1.165, 1.54) is 27.8 Å². The summed E-state index contributed by atoms with van der Waals surface area (Å²) in [6.45, 7) is 16.6. The summed E-state index contributed by atoms with van der Waals surface area (Å²) in [7, 11) is 0. The van der Waals surface area contributed by atoms with Crippen molar-refractivity contribution in [1.29, 1.82) is 0 Å². The summed E-state index contributed by atoms with van der Waals surface area (Å²) in [5.41, 5.74) is 9.83.